The van der Waals surface area contributed by atoms with Crippen LogP contribution < -0.4 is 5.32 Å². The number of nitro benzene ring substituents is 1. The lowest BCUT2D eigenvalue weighted by Crippen LogP contribution is -2.32. The maximum Gasteiger partial charge on any atom is 0.407 e. The molecule has 1 aromatic rings. The molecule has 0 atom stereocenters. The Kier molecular flexibility index (Phi) is 6.08. The Morgan fingerprint density at radius 1 is 1.38 bits per heavy atom. The Balaban J connectivity index is 2.84. The molecule has 9 heteroatoms. The van der Waals surface area contributed by atoms with Gasteiger partial charge in [-0.3, -0.25) is 10.1 Å². The minimum Gasteiger partial charge on any atom is -0.444 e. The molecule has 1 amide bonds. The molecule has 0 radical (unpaired) electrons. The molecule has 0 aromatic heterocycles. The van der Waals surface area contributed by atoms with Crippen molar-refractivity contribution >= 4 is 27.7 Å². The first-order valence-corrected chi connectivity index (χ1v) is 8.91. The molecule has 132 valence electrons. The number of nitrogens with one attached hydrogen (secondary N) is 1. The van der Waals surface area contributed by atoms with Gasteiger partial charge in [0.2, 0.25) is 0 Å². The molecule has 0 heterocycles. The number of rotatable bonds is 5. The normalized spacial score (nSPS) is 12.2. The van der Waals surface area contributed by atoms with Gasteiger partial charge in [-0.05, 0) is 32.9 Å². The highest BCUT2D eigenvalue weighted by Crippen LogP contribution is 2.24. The molecule has 8 nitrogen and oxygen atoms in total. The third-order valence-corrected chi connectivity index (χ3v) is 3.80. The maximum atomic E-state index is 11.5. The highest BCUT2D eigenvalue weighted by molar-refractivity contribution is 7.90. The van der Waals surface area contributed by atoms with E-state index in [4.69, 9.17) is 4.74 Å². The molecule has 0 saturated carbocycles. The number of carbonyl (C=O) groups excluding carboxylic acids is 1. The molecule has 0 unspecified atom stereocenters. The molecule has 1 rings (SSSR count). The van der Waals surface area contributed by atoms with E-state index in [1.54, 1.807) is 20.8 Å². The van der Waals surface area contributed by atoms with Crippen LogP contribution in [0.15, 0.2) is 29.2 Å². The number of benzene rings is 1. The second-order valence-electron chi connectivity index (χ2n) is 6.04. The number of amides is 1. The van der Waals surface area contributed by atoms with Crippen LogP contribution in [0.2, 0.25) is 0 Å². The molecule has 0 aliphatic rings. The monoisotopic (exact) mass is 356 g/mol. The van der Waals surface area contributed by atoms with E-state index in [9.17, 15) is 23.3 Å². The first kappa shape index (κ1) is 19.6. The van der Waals surface area contributed by atoms with Crippen molar-refractivity contribution in [3.63, 3.8) is 0 Å². The molecule has 0 saturated heterocycles. The van der Waals surface area contributed by atoms with E-state index in [0.29, 0.717) is 0 Å². The van der Waals surface area contributed by atoms with Gasteiger partial charge in [-0.25, -0.2) is 13.2 Å². The molecule has 0 spiro atoms. The average Bonchev–Trinajstić information content (AvgIpc) is 2.40. The fourth-order valence-electron chi connectivity index (χ4n) is 1.70. The number of sulfone groups is 1. The summed E-state index contributed by atoms with van der Waals surface area (Å²) in [7, 11) is -3.53. The predicted octanol–water partition coefficient (Wildman–Crippen LogP) is 2.54. The van der Waals surface area contributed by atoms with Crippen molar-refractivity contribution in [1.29, 1.82) is 0 Å². The summed E-state index contributed by atoms with van der Waals surface area (Å²) < 4.78 is 28.0. The topological polar surface area (TPSA) is 116 Å². The van der Waals surface area contributed by atoms with Crippen LogP contribution in [0.3, 0.4) is 0 Å². The van der Waals surface area contributed by atoms with E-state index in [2.05, 4.69) is 5.32 Å². The van der Waals surface area contributed by atoms with E-state index in [0.717, 1.165) is 12.3 Å². The highest BCUT2D eigenvalue weighted by Gasteiger charge is 2.17. The van der Waals surface area contributed by atoms with Gasteiger partial charge in [0.05, 0.1) is 15.4 Å². The fraction of sp³-hybridized carbons (Fsp3) is 0.400. The summed E-state index contributed by atoms with van der Waals surface area (Å²) in [4.78, 5) is 21.8. The zero-order valence-electron chi connectivity index (χ0n) is 13.9. The van der Waals surface area contributed by atoms with Gasteiger partial charge in [-0.15, -0.1) is 0 Å². The zero-order chi connectivity index (χ0) is 18.5. The fourth-order valence-corrected chi connectivity index (χ4v) is 2.34. The van der Waals surface area contributed by atoms with Crippen LogP contribution in [-0.2, 0) is 14.6 Å². The Morgan fingerprint density at radius 2 is 2.00 bits per heavy atom. The number of hydrogen-bond donors (Lipinski definition) is 1. The quantitative estimate of drug-likeness (QED) is 0.640. The Bertz CT molecular complexity index is 763. The summed E-state index contributed by atoms with van der Waals surface area (Å²) in [6.07, 6.45) is 3.31. The van der Waals surface area contributed by atoms with E-state index in [1.165, 1.54) is 24.3 Å². The SMILES string of the molecule is CC(C)(C)OC(=O)NCC=Cc1ccc(S(C)(=O)=O)cc1[N+](=O)[O-]. The lowest BCUT2D eigenvalue weighted by molar-refractivity contribution is -0.385. The van der Waals surface area contributed by atoms with E-state index >= 15 is 0 Å². The number of alkyl carbamates (subject to hydrolysis) is 1. The average molecular weight is 356 g/mol. The van der Waals surface area contributed by atoms with Crippen molar-refractivity contribution in [2.75, 3.05) is 12.8 Å². The zero-order valence-corrected chi connectivity index (χ0v) is 14.7. The lowest BCUT2D eigenvalue weighted by Gasteiger charge is -2.19. The third kappa shape index (κ3) is 6.37. The summed E-state index contributed by atoms with van der Waals surface area (Å²) >= 11 is 0. The van der Waals surface area contributed by atoms with Crippen LogP contribution in [0.5, 0.6) is 0 Å². The molecular weight excluding hydrogens is 336 g/mol. The summed E-state index contributed by atoms with van der Waals surface area (Å²) in [5.41, 5.74) is -0.710. The summed E-state index contributed by atoms with van der Waals surface area (Å²) in [6.45, 7) is 5.30. The van der Waals surface area contributed by atoms with Crippen LogP contribution in [0.1, 0.15) is 26.3 Å². The molecule has 1 aromatic carbocycles. The predicted molar refractivity (Wildman–Crippen MR) is 89.5 cm³/mol. The highest BCUT2D eigenvalue weighted by atomic mass is 32.2. The molecular formula is C15H20N2O6S. The molecule has 0 bridgehead atoms. The molecule has 0 aliphatic heterocycles. The van der Waals surface area contributed by atoms with Crippen molar-refractivity contribution in [2.45, 2.75) is 31.3 Å². The minimum absolute atomic E-state index is 0.111. The van der Waals surface area contributed by atoms with Gasteiger partial charge in [0.15, 0.2) is 9.84 Å². The first-order chi connectivity index (χ1) is 10.9. The van der Waals surface area contributed by atoms with Crippen LogP contribution >= 0.6 is 0 Å². The van der Waals surface area contributed by atoms with Crippen molar-refractivity contribution < 1.29 is 22.9 Å². The van der Waals surface area contributed by atoms with Gasteiger partial charge in [-0.1, -0.05) is 12.2 Å². The van der Waals surface area contributed by atoms with Gasteiger partial charge >= 0.3 is 6.09 Å². The number of carbonyl (C=O) groups is 1. The van der Waals surface area contributed by atoms with Crippen LogP contribution in [0.25, 0.3) is 6.08 Å². The van der Waals surface area contributed by atoms with E-state index < -0.39 is 26.5 Å². The van der Waals surface area contributed by atoms with Crippen molar-refractivity contribution in [3.8, 4) is 0 Å². The molecule has 1 N–H and O–H groups in total. The minimum atomic E-state index is -3.53. The van der Waals surface area contributed by atoms with Gasteiger partial charge in [0.25, 0.3) is 5.69 Å². The third-order valence-electron chi connectivity index (χ3n) is 2.69. The second-order valence-corrected chi connectivity index (χ2v) is 8.05. The summed E-state index contributed by atoms with van der Waals surface area (Å²) in [5.74, 6) is 0. The largest absolute Gasteiger partial charge is 0.444 e. The standard InChI is InChI=1S/C15H20N2O6S/c1-15(2,3)23-14(18)16-9-5-6-11-7-8-12(24(4,21)22)10-13(11)17(19)20/h5-8,10H,9H2,1-4H3,(H,16,18). The van der Waals surface area contributed by atoms with Crippen molar-refractivity contribution in [2.24, 2.45) is 0 Å². The molecule has 24 heavy (non-hydrogen) atoms. The Morgan fingerprint density at radius 3 is 2.50 bits per heavy atom. The smallest absolute Gasteiger partial charge is 0.407 e. The second kappa shape index (κ2) is 7.43. The maximum absolute atomic E-state index is 11.5. The van der Waals surface area contributed by atoms with E-state index in [-0.39, 0.29) is 22.7 Å². The number of nitrogens with zero attached hydrogens (tertiary/aromatic N) is 1. The number of ether oxygens (including phenoxy) is 1. The molecule has 0 aliphatic carbocycles. The van der Waals surface area contributed by atoms with Crippen molar-refractivity contribution in [3.05, 3.63) is 40.0 Å². The van der Waals surface area contributed by atoms with Crippen LogP contribution in [-0.4, -0.2) is 37.8 Å². The first-order valence-electron chi connectivity index (χ1n) is 7.02. The summed E-state index contributed by atoms with van der Waals surface area (Å²) in [5, 5.41) is 13.6. The summed E-state index contributed by atoms with van der Waals surface area (Å²) in [6, 6.07) is 3.65. The number of hydrogen-bond acceptors (Lipinski definition) is 6. The lowest BCUT2D eigenvalue weighted by atomic mass is 10.1. The van der Waals surface area contributed by atoms with Crippen LogP contribution in [0.4, 0.5) is 10.5 Å². The van der Waals surface area contributed by atoms with Gasteiger partial charge in [-0.2, -0.15) is 0 Å². The van der Waals surface area contributed by atoms with Gasteiger partial charge in [0, 0.05) is 18.9 Å². The Hall–Kier alpha value is -2.42. The van der Waals surface area contributed by atoms with Gasteiger partial charge in [0.1, 0.15) is 5.60 Å². The Labute approximate surface area is 140 Å². The number of nitro groups is 1. The van der Waals surface area contributed by atoms with Crippen molar-refractivity contribution in [1.82, 2.24) is 5.32 Å². The molecule has 0 fully saturated rings. The van der Waals surface area contributed by atoms with Crippen LogP contribution in [0, 0.1) is 10.1 Å². The van der Waals surface area contributed by atoms with E-state index in [1.807, 2.05) is 0 Å². The van der Waals surface area contributed by atoms with Gasteiger partial charge < -0.3 is 10.1 Å².